The third-order valence-corrected chi connectivity index (χ3v) is 5.57. The molecule has 1 aromatic carbocycles. The number of benzene rings is 1. The zero-order chi connectivity index (χ0) is 17.4. The number of hydrogen-bond acceptors (Lipinski definition) is 2. The Hall–Kier alpha value is -2.07. The number of aromatic amines is 1. The number of amides is 1. The number of H-pyrrole nitrogens is 1. The van der Waals surface area contributed by atoms with Gasteiger partial charge >= 0.3 is 0 Å². The maximum atomic E-state index is 12.9. The van der Waals surface area contributed by atoms with Gasteiger partial charge in [-0.25, -0.2) is 0 Å². The monoisotopic (exact) mass is 356 g/mol. The summed E-state index contributed by atoms with van der Waals surface area (Å²) in [5.41, 5.74) is 1.75. The van der Waals surface area contributed by atoms with Crippen molar-refractivity contribution in [3.05, 3.63) is 68.6 Å². The summed E-state index contributed by atoms with van der Waals surface area (Å²) in [5.74, 6) is 0.212. The van der Waals surface area contributed by atoms with Crippen LogP contribution in [0.4, 0.5) is 0 Å². The Bertz CT molecular complexity index is 864. The highest BCUT2D eigenvalue weighted by atomic mass is 35.5. The summed E-state index contributed by atoms with van der Waals surface area (Å²) in [7, 11) is 0. The summed E-state index contributed by atoms with van der Waals surface area (Å²) in [6, 6.07) is 10.9. The summed E-state index contributed by atoms with van der Waals surface area (Å²) in [6.07, 6.45) is 6.06. The first-order chi connectivity index (χ1) is 12.1. The standard InChI is InChI=1S/C20H21ClN2O2/c21-16-5-3-4-15(12-16)20(8-1-2-9-20)23-19(25)14-10-17(13-6-7-13)22-18(24)11-14/h3-5,10-13H,1-2,6-9H2,(H,22,24)(H,23,25). The van der Waals surface area contributed by atoms with Gasteiger partial charge in [-0.05, 0) is 55.4 Å². The fraction of sp³-hybridized carbons (Fsp3) is 0.400. The van der Waals surface area contributed by atoms with Crippen molar-refractivity contribution in [2.45, 2.75) is 50.0 Å². The van der Waals surface area contributed by atoms with E-state index in [1.54, 1.807) is 0 Å². The molecule has 1 amide bonds. The van der Waals surface area contributed by atoms with Gasteiger partial charge in [-0.1, -0.05) is 36.6 Å². The topological polar surface area (TPSA) is 62.0 Å². The predicted molar refractivity (Wildman–Crippen MR) is 98.1 cm³/mol. The predicted octanol–water partition coefficient (Wildman–Crippen LogP) is 4.11. The van der Waals surface area contributed by atoms with E-state index in [1.165, 1.54) is 6.07 Å². The molecule has 0 unspecified atom stereocenters. The summed E-state index contributed by atoms with van der Waals surface area (Å²) in [5, 5.41) is 3.89. The van der Waals surface area contributed by atoms with E-state index in [2.05, 4.69) is 10.3 Å². The second-order valence-electron chi connectivity index (χ2n) is 7.22. The van der Waals surface area contributed by atoms with Gasteiger partial charge < -0.3 is 10.3 Å². The average Bonchev–Trinajstić information content (AvgIpc) is 3.34. The van der Waals surface area contributed by atoms with Crippen LogP contribution in [0.25, 0.3) is 0 Å². The highest BCUT2D eigenvalue weighted by molar-refractivity contribution is 6.30. The van der Waals surface area contributed by atoms with Gasteiger partial charge in [0.1, 0.15) is 0 Å². The molecule has 2 N–H and O–H groups in total. The molecule has 2 saturated carbocycles. The van der Waals surface area contributed by atoms with Crippen LogP contribution in [-0.4, -0.2) is 10.9 Å². The van der Waals surface area contributed by atoms with E-state index in [0.717, 1.165) is 49.8 Å². The molecule has 25 heavy (non-hydrogen) atoms. The van der Waals surface area contributed by atoms with E-state index >= 15 is 0 Å². The molecular weight excluding hydrogens is 336 g/mol. The van der Waals surface area contributed by atoms with Gasteiger partial charge in [0, 0.05) is 22.3 Å². The smallest absolute Gasteiger partial charge is 0.252 e. The minimum absolute atomic E-state index is 0.185. The first kappa shape index (κ1) is 16.4. The third-order valence-electron chi connectivity index (χ3n) is 5.33. The molecule has 4 nitrogen and oxygen atoms in total. The van der Waals surface area contributed by atoms with Gasteiger partial charge in [0.05, 0.1) is 5.54 Å². The van der Waals surface area contributed by atoms with E-state index in [9.17, 15) is 9.59 Å². The molecular formula is C20H21ClN2O2. The lowest BCUT2D eigenvalue weighted by Gasteiger charge is -2.31. The number of pyridine rings is 1. The summed E-state index contributed by atoms with van der Waals surface area (Å²) >= 11 is 6.16. The molecule has 2 fully saturated rings. The first-order valence-corrected chi connectivity index (χ1v) is 9.26. The van der Waals surface area contributed by atoms with Gasteiger partial charge in [0.25, 0.3) is 5.91 Å². The van der Waals surface area contributed by atoms with Crippen LogP contribution in [0.1, 0.15) is 66.1 Å². The molecule has 2 aliphatic carbocycles. The maximum Gasteiger partial charge on any atom is 0.252 e. The Labute approximate surface area is 151 Å². The molecule has 0 radical (unpaired) electrons. The van der Waals surface area contributed by atoms with Crippen LogP contribution in [0, 0.1) is 0 Å². The number of hydrogen-bond donors (Lipinski definition) is 2. The van der Waals surface area contributed by atoms with E-state index in [-0.39, 0.29) is 11.5 Å². The highest BCUT2D eigenvalue weighted by Gasteiger charge is 2.37. The Morgan fingerprint density at radius 2 is 1.92 bits per heavy atom. The largest absolute Gasteiger partial charge is 0.343 e. The van der Waals surface area contributed by atoms with Crippen LogP contribution in [0.2, 0.25) is 5.02 Å². The average molecular weight is 357 g/mol. The van der Waals surface area contributed by atoms with Crippen molar-refractivity contribution in [1.82, 2.24) is 10.3 Å². The van der Waals surface area contributed by atoms with Crippen LogP contribution in [-0.2, 0) is 5.54 Å². The molecule has 0 aliphatic heterocycles. The van der Waals surface area contributed by atoms with Gasteiger partial charge in [-0.2, -0.15) is 0 Å². The molecule has 4 rings (SSSR count). The van der Waals surface area contributed by atoms with Crippen LogP contribution >= 0.6 is 11.6 Å². The van der Waals surface area contributed by atoms with Crippen LogP contribution in [0.15, 0.2) is 41.2 Å². The molecule has 5 heteroatoms. The number of nitrogens with one attached hydrogen (secondary N) is 2. The minimum Gasteiger partial charge on any atom is -0.343 e. The number of aromatic nitrogens is 1. The highest BCUT2D eigenvalue weighted by Crippen LogP contribution is 2.40. The van der Waals surface area contributed by atoms with Crippen molar-refractivity contribution in [1.29, 1.82) is 0 Å². The SMILES string of the molecule is O=C(NC1(c2cccc(Cl)c2)CCCC1)c1cc(C2CC2)[nH]c(=O)c1. The second-order valence-corrected chi connectivity index (χ2v) is 7.65. The lowest BCUT2D eigenvalue weighted by Crippen LogP contribution is -2.44. The Kier molecular flexibility index (Phi) is 4.16. The second kappa shape index (κ2) is 6.34. The fourth-order valence-electron chi connectivity index (χ4n) is 3.85. The molecule has 1 aromatic heterocycles. The summed E-state index contributed by atoms with van der Waals surface area (Å²) in [4.78, 5) is 27.7. The maximum absolute atomic E-state index is 12.9. The normalized spacial score (nSPS) is 18.9. The van der Waals surface area contributed by atoms with Crippen LogP contribution in [0.5, 0.6) is 0 Å². The summed E-state index contributed by atoms with van der Waals surface area (Å²) < 4.78 is 0. The molecule has 130 valence electrons. The van der Waals surface area contributed by atoms with Crippen molar-refractivity contribution in [2.75, 3.05) is 0 Å². The van der Waals surface area contributed by atoms with Crippen molar-refractivity contribution >= 4 is 17.5 Å². The van der Waals surface area contributed by atoms with E-state index in [4.69, 9.17) is 11.6 Å². The van der Waals surface area contributed by atoms with Gasteiger partial charge in [0.2, 0.25) is 5.56 Å². The molecule has 2 aromatic rings. The minimum atomic E-state index is -0.398. The zero-order valence-corrected chi connectivity index (χ0v) is 14.7. The molecule has 0 bridgehead atoms. The number of halogens is 1. The third kappa shape index (κ3) is 3.36. The number of carbonyl (C=O) groups excluding carboxylic acids is 1. The zero-order valence-electron chi connectivity index (χ0n) is 14.0. The Morgan fingerprint density at radius 3 is 2.60 bits per heavy atom. The fourth-order valence-corrected chi connectivity index (χ4v) is 4.04. The number of rotatable bonds is 4. The lowest BCUT2D eigenvalue weighted by atomic mass is 9.87. The quantitative estimate of drug-likeness (QED) is 0.866. The molecule has 0 atom stereocenters. The molecule has 1 heterocycles. The van der Waals surface area contributed by atoms with Crippen molar-refractivity contribution in [3.8, 4) is 0 Å². The molecule has 0 saturated heterocycles. The summed E-state index contributed by atoms with van der Waals surface area (Å²) in [6.45, 7) is 0. The van der Waals surface area contributed by atoms with E-state index < -0.39 is 5.54 Å². The van der Waals surface area contributed by atoms with Crippen LogP contribution in [0.3, 0.4) is 0 Å². The molecule has 2 aliphatic rings. The first-order valence-electron chi connectivity index (χ1n) is 8.89. The van der Waals surface area contributed by atoms with Gasteiger partial charge in [0.15, 0.2) is 0 Å². The van der Waals surface area contributed by atoms with Gasteiger partial charge in [-0.3, -0.25) is 9.59 Å². The Morgan fingerprint density at radius 1 is 1.16 bits per heavy atom. The van der Waals surface area contributed by atoms with E-state index in [0.29, 0.717) is 16.5 Å². The molecule has 0 spiro atoms. The van der Waals surface area contributed by atoms with Crippen molar-refractivity contribution < 1.29 is 4.79 Å². The van der Waals surface area contributed by atoms with Crippen molar-refractivity contribution in [3.63, 3.8) is 0 Å². The van der Waals surface area contributed by atoms with Crippen molar-refractivity contribution in [2.24, 2.45) is 0 Å². The number of carbonyl (C=O) groups is 1. The van der Waals surface area contributed by atoms with Crippen LogP contribution < -0.4 is 10.9 Å². The lowest BCUT2D eigenvalue weighted by molar-refractivity contribution is 0.0898. The van der Waals surface area contributed by atoms with Gasteiger partial charge in [-0.15, -0.1) is 0 Å². The Balaban J connectivity index is 1.65. The van der Waals surface area contributed by atoms with E-state index in [1.807, 2.05) is 30.3 Å².